The van der Waals surface area contributed by atoms with Crippen LogP contribution in [0, 0.1) is 0 Å². The van der Waals surface area contributed by atoms with Crippen LogP contribution in [0.3, 0.4) is 0 Å². The van der Waals surface area contributed by atoms with E-state index < -0.39 is 0 Å². The molecule has 0 spiro atoms. The molecule has 4 rings (SSSR count). The minimum Gasteiger partial charge on any atom is -0.370 e. The molecule has 1 saturated carbocycles. The first-order valence-corrected chi connectivity index (χ1v) is 9.01. The van der Waals surface area contributed by atoms with Gasteiger partial charge in [0.1, 0.15) is 11.6 Å². The molecule has 0 unspecified atom stereocenters. The molecule has 1 aliphatic heterocycles. The molecule has 3 heterocycles. The Morgan fingerprint density at radius 1 is 1.17 bits per heavy atom. The van der Waals surface area contributed by atoms with Crippen molar-refractivity contribution in [2.24, 2.45) is 0 Å². The molecular formula is C15H21N7S. The molecule has 0 aromatic carbocycles. The van der Waals surface area contributed by atoms with Gasteiger partial charge in [0, 0.05) is 56.4 Å². The molecule has 0 radical (unpaired) electrons. The molecule has 23 heavy (non-hydrogen) atoms. The Balaban J connectivity index is 1.39. The Morgan fingerprint density at radius 3 is 2.70 bits per heavy atom. The van der Waals surface area contributed by atoms with Crippen molar-refractivity contribution in [1.82, 2.24) is 19.3 Å². The molecule has 7 nitrogen and oxygen atoms in total. The average molecular weight is 331 g/mol. The van der Waals surface area contributed by atoms with Crippen molar-refractivity contribution in [3.05, 3.63) is 18.1 Å². The third kappa shape index (κ3) is 3.21. The van der Waals surface area contributed by atoms with E-state index in [-0.39, 0.29) is 0 Å². The first kappa shape index (κ1) is 14.6. The van der Waals surface area contributed by atoms with Crippen LogP contribution >= 0.6 is 11.5 Å². The van der Waals surface area contributed by atoms with Gasteiger partial charge >= 0.3 is 0 Å². The molecule has 8 heteroatoms. The molecule has 0 bridgehead atoms. The summed E-state index contributed by atoms with van der Waals surface area (Å²) in [6.07, 6.45) is 4.33. The van der Waals surface area contributed by atoms with Gasteiger partial charge < -0.3 is 15.1 Å². The van der Waals surface area contributed by atoms with Crippen LogP contribution < -0.4 is 15.1 Å². The maximum absolute atomic E-state index is 4.71. The van der Waals surface area contributed by atoms with Crippen LogP contribution in [0.15, 0.2) is 12.3 Å². The predicted octanol–water partition coefficient (Wildman–Crippen LogP) is 1.96. The van der Waals surface area contributed by atoms with Gasteiger partial charge in [-0.15, -0.1) is 0 Å². The third-order valence-electron chi connectivity index (χ3n) is 4.21. The van der Waals surface area contributed by atoms with Gasteiger partial charge in [-0.25, -0.2) is 9.97 Å². The van der Waals surface area contributed by atoms with Crippen molar-refractivity contribution in [1.29, 1.82) is 0 Å². The highest BCUT2D eigenvalue weighted by Crippen LogP contribution is 2.39. The van der Waals surface area contributed by atoms with Crippen molar-refractivity contribution in [3.63, 3.8) is 0 Å². The highest BCUT2D eigenvalue weighted by Gasteiger charge is 2.29. The van der Waals surface area contributed by atoms with E-state index in [1.165, 1.54) is 24.4 Å². The summed E-state index contributed by atoms with van der Waals surface area (Å²) in [5.74, 6) is 3.37. The van der Waals surface area contributed by atoms with Crippen LogP contribution in [0.5, 0.6) is 0 Å². The summed E-state index contributed by atoms with van der Waals surface area (Å²) in [6.45, 7) is 6.63. The van der Waals surface area contributed by atoms with E-state index in [1.807, 2.05) is 12.3 Å². The number of rotatable bonds is 5. The number of nitrogens with zero attached hydrogens (tertiary/aromatic N) is 6. The van der Waals surface area contributed by atoms with Crippen LogP contribution in [0.25, 0.3) is 0 Å². The molecule has 1 saturated heterocycles. The molecule has 0 amide bonds. The lowest BCUT2D eigenvalue weighted by Crippen LogP contribution is -2.47. The SMILES string of the molecule is CCNc1ccnc(N2CCN(c3nc(C4CC4)ns3)CC2)n1. The second-order valence-corrected chi connectivity index (χ2v) is 6.69. The minimum atomic E-state index is 0.628. The predicted molar refractivity (Wildman–Crippen MR) is 92.5 cm³/mol. The maximum Gasteiger partial charge on any atom is 0.227 e. The van der Waals surface area contributed by atoms with Gasteiger partial charge in [0.05, 0.1) is 0 Å². The summed E-state index contributed by atoms with van der Waals surface area (Å²) < 4.78 is 4.50. The Morgan fingerprint density at radius 2 is 1.96 bits per heavy atom. The third-order valence-corrected chi connectivity index (χ3v) is 5.00. The lowest BCUT2D eigenvalue weighted by Gasteiger charge is -2.34. The largest absolute Gasteiger partial charge is 0.370 e. The van der Waals surface area contributed by atoms with E-state index in [9.17, 15) is 0 Å². The number of anilines is 3. The Labute approximate surface area is 139 Å². The van der Waals surface area contributed by atoms with Crippen LogP contribution in [-0.4, -0.2) is 52.0 Å². The van der Waals surface area contributed by atoms with Crippen molar-refractivity contribution in [2.75, 3.05) is 47.8 Å². The van der Waals surface area contributed by atoms with E-state index in [4.69, 9.17) is 4.98 Å². The number of hydrogen-bond acceptors (Lipinski definition) is 8. The first-order valence-electron chi connectivity index (χ1n) is 8.24. The summed E-state index contributed by atoms with van der Waals surface area (Å²) in [5.41, 5.74) is 0. The van der Waals surface area contributed by atoms with Gasteiger partial charge in [0.2, 0.25) is 11.1 Å². The summed E-state index contributed by atoms with van der Waals surface area (Å²) >= 11 is 1.54. The fourth-order valence-electron chi connectivity index (χ4n) is 2.74. The number of nitrogens with one attached hydrogen (secondary N) is 1. The molecule has 2 aromatic rings. The van der Waals surface area contributed by atoms with Gasteiger partial charge in [-0.3, -0.25) is 0 Å². The van der Waals surface area contributed by atoms with E-state index in [1.54, 1.807) is 0 Å². The van der Waals surface area contributed by atoms with E-state index in [0.29, 0.717) is 5.92 Å². The molecule has 0 atom stereocenters. The van der Waals surface area contributed by atoms with Crippen molar-refractivity contribution in [3.8, 4) is 0 Å². The van der Waals surface area contributed by atoms with Gasteiger partial charge in [-0.1, -0.05) is 0 Å². The fraction of sp³-hybridized carbons (Fsp3) is 0.600. The monoisotopic (exact) mass is 331 g/mol. The quantitative estimate of drug-likeness (QED) is 0.898. The van der Waals surface area contributed by atoms with Crippen LogP contribution in [-0.2, 0) is 0 Å². The fourth-order valence-corrected chi connectivity index (χ4v) is 3.54. The zero-order chi connectivity index (χ0) is 15.6. The smallest absolute Gasteiger partial charge is 0.227 e. The zero-order valence-corrected chi connectivity index (χ0v) is 14.1. The maximum atomic E-state index is 4.71. The highest BCUT2D eigenvalue weighted by atomic mass is 32.1. The van der Waals surface area contributed by atoms with E-state index >= 15 is 0 Å². The summed E-state index contributed by atoms with van der Waals surface area (Å²) in [4.78, 5) is 18.3. The van der Waals surface area contributed by atoms with Crippen molar-refractivity contribution >= 4 is 28.4 Å². The van der Waals surface area contributed by atoms with Crippen molar-refractivity contribution in [2.45, 2.75) is 25.7 Å². The summed E-state index contributed by atoms with van der Waals surface area (Å²) in [5, 5.41) is 4.30. The molecule has 2 aliphatic rings. The van der Waals surface area contributed by atoms with Gasteiger partial charge in [0.25, 0.3) is 0 Å². The topological polar surface area (TPSA) is 70.1 Å². The molecule has 2 aromatic heterocycles. The summed E-state index contributed by atoms with van der Waals surface area (Å²) in [7, 11) is 0. The van der Waals surface area contributed by atoms with Crippen molar-refractivity contribution < 1.29 is 0 Å². The second-order valence-electron chi connectivity index (χ2n) is 5.96. The molecule has 1 N–H and O–H groups in total. The van der Waals surface area contributed by atoms with Crippen LogP contribution in [0.4, 0.5) is 16.9 Å². The minimum absolute atomic E-state index is 0.628. The molecular weight excluding hydrogens is 310 g/mol. The lowest BCUT2D eigenvalue weighted by atomic mass is 10.3. The number of piperazine rings is 1. The second kappa shape index (κ2) is 6.27. The van der Waals surface area contributed by atoms with Crippen LogP contribution in [0.2, 0.25) is 0 Å². The van der Waals surface area contributed by atoms with Gasteiger partial charge in [-0.2, -0.15) is 9.36 Å². The zero-order valence-electron chi connectivity index (χ0n) is 13.3. The average Bonchev–Trinajstić information content (AvgIpc) is 3.33. The van der Waals surface area contributed by atoms with E-state index in [0.717, 1.165) is 55.4 Å². The standard InChI is InChI=1S/C15H21N7S/c1-2-16-12-5-6-17-14(18-12)21-7-9-22(10-8-21)15-19-13(20-23-15)11-3-4-11/h5-6,11H,2-4,7-10H2,1H3,(H,16,17,18). The van der Waals surface area contributed by atoms with Gasteiger partial charge in [0.15, 0.2) is 0 Å². The Hall–Kier alpha value is -1.96. The number of aromatic nitrogens is 4. The van der Waals surface area contributed by atoms with Crippen LogP contribution in [0.1, 0.15) is 31.5 Å². The van der Waals surface area contributed by atoms with Gasteiger partial charge in [-0.05, 0) is 25.8 Å². The Bertz CT molecular complexity index is 661. The Kier molecular flexibility index (Phi) is 3.99. The molecule has 2 fully saturated rings. The highest BCUT2D eigenvalue weighted by molar-refractivity contribution is 7.09. The molecule has 122 valence electrons. The first-order chi connectivity index (χ1) is 11.3. The summed E-state index contributed by atoms with van der Waals surface area (Å²) in [6, 6.07) is 1.91. The lowest BCUT2D eigenvalue weighted by molar-refractivity contribution is 0.638. The normalized spacial score (nSPS) is 18.3. The van der Waals surface area contributed by atoms with E-state index in [2.05, 4.69) is 36.4 Å². The number of hydrogen-bond donors (Lipinski definition) is 1. The molecule has 1 aliphatic carbocycles.